The van der Waals surface area contributed by atoms with Gasteiger partial charge in [-0.05, 0) is 35.0 Å². The lowest BCUT2D eigenvalue weighted by Gasteiger charge is -2.10. The third-order valence-corrected chi connectivity index (χ3v) is 3.52. The summed E-state index contributed by atoms with van der Waals surface area (Å²) in [6.07, 6.45) is 1.73. The van der Waals surface area contributed by atoms with Gasteiger partial charge in [0.15, 0.2) is 0 Å². The van der Waals surface area contributed by atoms with Crippen LogP contribution in [0.5, 0.6) is 0 Å². The molecule has 0 aliphatic carbocycles. The van der Waals surface area contributed by atoms with E-state index in [1.54, 1.807) is 23.9 Å². The summed E-state index contributed by atoms with van der Waals surface area (Å²) < 4.78 is 2.45. The van der Waals surface area contributed by atoms with Gasteiger partial charge in [-0.25, -0.2) is 0 Å². The molecular weight excluding hydrogens is 312 g/mol. The van der Waals surface area contributed by atoms with Crippen LogP contribution in [0.1, 0.15) is 11.3 Å². The van der Waals surface area contributed by atoms with Gasteiger partial charge in [-0.2, -0.15) is 5.10 Å². The van der Waals surface area contributed by atoms with Crippen molar-refractivity contribution in [1.29, 1.82) is 0 Å². The number of nitro groups is 1. The molecule has 0 saturated heterocycles. The summed E-state index contributed by atoms with van der Waals surface area (Å²) in [5.41, 5.74) is 2.59. The highest BCUT2D eigenvalue weighted by Crippen LogP contribution is 2.30. The van der Waals surface area contributed by atoms with E-state index in [0.29, 0.717) is 16.6 Å². The molecule has 0 amide bonds. The molecule has 0 atom stereocenters. The van der Waals surface area contributed by atoms with Gasteiger partial charge in [-0.3, -0.25) is 14.8 Å². The Kier molecular flexibility index (Phi) is 3.84. The topological polar surface area (TPSA) is 73.0 Å². The highest BCUT2D eigenvalue weighted by atomic mass is 79.9. The number of halogens is 1. The molecule has 19 heavy (non-hydrogen) atoms. The van der Waals surface area contributed by atoms with Crippen molar-refractivity contribution in [3.8, 4) is 0 Å². The van der Waals surface area contributed by atoms with E-state index in [2.05, 4.69) is 26.3 Å². The number of aromatic nitrogens is 2. The van der Waals surface area contributed by atoms with E-state index in [1.165, 1.54) is 6.07 Å². The molecule has 2 aromatic rings. The summed E-state index contributed by atoms with van der Waals surface area (Å²) in [5, 5.41) is 18.1. The Bertz CT molecular complexity index is 624. The van der Waals surface area contributed by atoms with Crippen LogP contribution in [0.3, 0.4) is 0 Å². The Hall–Kier alpha value is -1.89. The van der Waals surface area contributed by atoms with Crippen molar-refractivity contribution in [2.45, 2.75) is 13.5 Å². The van der Waals surface area contributed by atoms with E-state index in [0.717, 1.165) is 11.4 Å². The molecule has 2 rings (SSSR count). The van der Waals surface area contributed by atoms with Gasteiger partial charge in [0.05, 0.1) is 17.2 Å². The fraction of sp³-hybridized carbons (Fsp3) is 0.250. The molecule has 0 spiro atoms. The lowest BCUT2D eigenvalue weighted by atomic mass is 10.2. The van der Waals surface area contributed by atoms with E-state index in [-0.39, 0.29) is 10.6 Å². The van der Waals surface area contributed by atoms with Gasteiger partial charge in [0.25, 0.3) is 5.69 Å². The first kappa shape index (κ1) is 13.5. The quantitative estimate of drug-likeness (QED) is 0.693. The fourth-order valence-electron chi connectivity index (χ4n) is 1.76. The van der Waals surface area contributed by atoms with Crippen LogP contribution >= 0.6 is 15.9 Å². The minimum absolute atomic E-state index is 0.109. The Balaban J connectivity index is 2.20. The summed E-state index contributed by atoms with van der Waals surface area (Å²) in [4.78, 5) is 10.4. The maximum absolute atomic E-state index is 10.8. The van der Waals surface area contributed by atoms with Crippen molar-refractivity contribution in [2.75, 3.05) is 5.32 Å². The number of rotatable bonds is 4. The van der Waals surface area contributed by atoms with E-state index >= 15 is 0 Å². The molecule has 0 unspecified atom stereocenters. The predicted octanol–water partition coefficient (Wildman–Crippen LogP) is 3.01. The van der Waals surface area contributed by atoms with Crippen molar-refractivity contribution in [3.05, 3.63) is 50.2 Å². The average molecular weight is 325 g/mol. The second kappa shape index (κ2) is 5.40. The second-order valence-corrected chi connectivity index (χ2v) is 5.03. The van der Waals surface area contributed by atoms with E-state index in [9.17, 15) is 10.1 Å². The molecule has 0 fully saturated rings. The van der Waals surface area contributed by atoms with Crippen LogP contribution in [0.15, 0.2) is 28.9 Å². The zero-order valence-corrected chi connectivity index (χ0v) is 12.1. The molecule has 1 aromatic carbocycles. The fourth-order valence-corrected chi connectivity index (χ4v) is 2.24. The maximum Gasteiger partial charge on any atom is 0.273 e. The summed E-state index contributed by atoms with van der Waals surface area (Å²) in [6.45, 7) is 2.33. The summed E-state index contributed by atoms with van der Waals surface area (Å²) >= 11 is 3.34. The van der Waals surface area contributed by atoms with Gasteiger partial charge < -0.3 is 5.32 Å². The second-order valence-electron chi connectivity index (χ2n) is 4.18. The first-order valence-corrected chi connectivity index (χ1v) is 6.43. The minimum Gasteiger partial charge on any atom is -0.378 e. The number of nitro benzene ring substituents is 1. The maximum atomic E-state index is 10.8. The third-order valence-electron chi connectivity index (χ3n) is 2.86. The zero-order chi connectivity index (χ0) is 14.0. The van der Waals surface area contributed by atoms with Crippen LogP contribution < -0.4 is 5.32 Å². The molecule has 1 heterocycles. The van der Waals surface area contributed by atoms with Crippen molar-refractivity contribution in [2.24, 2.45) is 7.05 Å². The Morgan fingerprint density at radius 3 is 2.84 bits per heavy atom. The average Bonchev–Trinajstić information content (AvgIpc) is 2.75. The minimum atomic E-state index is -0.384. The molecule has 0 radical (unpaired) electrons. The van der Waals surface area contributed by atoms with Crippen LogP contribution in [-0.4, -0.2) is 14.7 Å². The van der Waals surface area contributed by atoms with Gasteiger partial charge in [0.2, 0.25) is 0 Å². The molecule has 1 aromatic heterocycles. The van der Waals surface area contributed by atoms with Crippen molar-refractivity contribution < 1.29 is 4.92 Å². The van der Waals surface area contributed by atoms with Crippen molar-refractivity contribution >= 4 is 27.3 Å². The summed E-state index contributed by atoms with van der Waals surface area (Å²) in [6, 6.07) is 5.19. The lowest BCUT2D eigenvalue weighted by molar-refractivity contribution is -0.385. The number of hydrogen-bond donors (Lipinski definition) is 1. The smallest absolute Gasteiger partial charge is 0.273 e. The van der Waals surface area contributed by atoms with Crippen molar-refractivity contribution in [3.63, 3.8) is 0 Å². The monoisotopic (exact) mass is 324 g/mol. The molecule has 100 valence electrons. The van der Waals surface area contributed by atoms with Gasteiger partial charge in [-0.1, -0.05) is 0 Å². The zero-order valence-electron chi connectivity index (χ0n) is 10.6. The molecule has 0 bridgehead atoms. The van der Waals surface area contributed by atoms with E-state index in [4.69, 9.17) is 0 Å². The van der Waals surface area contributed by atoms with E-state index < -0.39 is 0 Å². The first-order valence-electron chi connectivity index (χ1n) is 5.64. The number of nitrogens with one attached hydrogen (secondary N) is 1. The van der Waals surface area contributed by atoms with E-state index in [1.807, 2.05) is 13.1 Å². The number of benzene rings is 1. The molecule has 6 nitrogen and oxygen atoms in total. The number of nitrogens with zero attached hydrogens (tertiary/aromatic N) is 3. The largest absolute Gasteiger partial charge is 0.378 e. The predicted molar refractivity (Wildman–Crippen MR) is 76.1 cm³/mol. The summed E-state index contributed by atoms with van der Waals surface area (Å²) in [7, 11) is 1.87. The van der Waals surface area contributed by atoms with Gasteiger partial charge in [0.1, 0.15) is 0 Å². The van der Waals surface area contributed by atoms with Gasteiger partial charge in [-0.15, -0.1) is 0 Å². The van der Waals surface area contributed by atoms with Crippen LogP contribution in [0.4, 0.5) is 11.4 Å². The number of hydrogen-bond acceptors (Lipinski definition) is 4. The van der Waals surface area contributed by atoms with Crippen LogP contribution in [0.2, 0.25) is 0 Å². The van der Waals surface area contributed by atoms with Crippen LogP contribution in [-0.2, 0) is 13.6 Å². The standard InChI is InChI=1S/C12H13BrN4O2/c1-8-5-11(10(13)6-12(8)17(18)19)14-7-9-3-4-15-16(9)2/h3-6,14H,7H2,1-2H3. The van der Waals surface area contributed by atoms with Gasteiger partial charge in [0, 0.05) is 35.0 Å². The molecule has 0 aliphatic heterocycles. The SMILES string of the molecule is Cc1cc(NCc2ccnn2C)c(Br)cc1[N+](=O)[O-]. The normalized spacial score (nSPS) is 10.5. The molecule has 0 aliphatic rings. The number of anilines is 1. The molecule has 7 heteroatoms. The highest BCUT2D eigenvalue weighted by Gasteiger charge is 2.14. The number of aryl methyl sites for hydroxylation is 2. The van der Waals surface area contributed by atoms with Gasteiger partial charge >= 0.3 is 0 Å². The molecular formula is C12H13BrN4O2. The van der Waals surface area contributed by atoms with Crippen LogP contribution in [0.25, 0.3) is 0 Å². The first-order chi connectivity index (χ1) is 8.99. The lowest BCUT2D eigenvalue weighted by Crippen LogP contribution is -2.06. The Morgan fingerprint density at radius 1 is 1.53 bits per heavy atom. The van der Waals surface area contributed by atoms with Crippen molar-refractivity contribution in [1.82, 2.24) is 9.78 Å². The highest BCUT2D eigenvalue weighted by molar-refractivity contribution is 9.10. The van der Waals surface area contributed by atoms with Crippen LogP contribution in [0, 0.1) is 17.0 Å². The molecule has 0 saturated carbocycles. The Labute approximate surface area is 118 Å². The third kappa shape index (κ3) is 2.93. The summed E-state index contributed by atoms with van der Waals surface area (Å²) in [5.74, 6) is 0. The Morgan fingerprint density at radius 2 is 2.26 bits per heavy atom. The molecule has 1 N–H and O–H groups in total.